The molecule has 1 fully saturated rings. The normalized spacial score (nSPS) is 24.0. The van der Waals surface area contributed by atoms with Crippen LogP contribution in [0.3, 0.4) is 0 Å². The van der Waals surface area contributed by atoms with Gasteiger partial charge in [-0.3, -0.25) is 0 Å². The van der Waals surface area contributed by atoms with Gasteiger partial charge >= 0.3 is 0 Å². The highest BCUT2D eigenvalue weighted by atomic mass is 16.3. The number of hydrogen-bond acceptors (Lipinski definition) is 2. The quantitative estimate of drug-likeness (QED) is 0.659. The highest BCUT2D eigenvalue weighted by Crippen LogP contribution is 2.11. The van der Waals surface area contributed by atoms with E-state index in [-0.39, 0.29) is 12.7 Å². The molecule has 1 unspecified atom stereocenters. The maximum atomic E-state index is 10.2. The second-order valence-corrected chi connectivity index (χ2v) is 4.21. The standard InChI is InChI=1S/C11H22NO2/c13-9-4-2-1-3-7-12-8-5-6-11(14)10-12/h11,14H,1-10H2. The Kier molecular flexibility index (Phi) is 6.15. The van der Waals surface area contributed by atoms with Gasteiger partial charge in [0.25, 0.3) is 0 Å². The first kappa shape index (κ1) is 12.0. The molecule has 1 aliphatic heterocycles. The molecule has 0 aromatic heterocycles. The summed E-state index contributed by atoms with van der Waals surface area (Å²) in [5, 5.41) is 19.6. The van der Waals surface area contributed by atoms with E-state index in [1.54, 1.807) is 0 Å². The van der Waals surface area contributed by atoms with Crippen LogP contribution in [0.4, 0.5) is 0 Å². The van der Waals surface area contributed by atoms with Crippen LogP contribution >= 0.6 is 0 Å². The zero-order valence-corrected chi connectivity index (χ0v) is 8.95. The molecule has 0 amide bonds. The minimum atomic E-state index is -0.106. The molecule has 0 aliphatic carbocycles. The second-order valence-electron chi connectivity index (χ2n) is 4.21. The van der Waals surface area contributed by atoms with Crippen LogP contribution in [-0.2, 0) is 5.11 Å². The summed E-state index contributed by atoms with van der Waals surface area (Å²) in [6.45, 7) is 3.15. The SMILES string of the molecule is [O]CCCCCCN1CCCC(O)C1. The Morgan fingerprint density at radius 3 is 2.71 bits per heavy atom. The average Bonchev–Trinajstić information content (AvgIpc) is 2.18. The van der Waals surface area contributed by atoms with Gasteiger partial charge in [-0.05, 0) is 38.8 Å². The van der Waals surface area contributed by atoms with Crippen LogP contribution in [0.2, 0.25) is 0 Å². The van der Waals surface area contributed by atoms with Crippen molar-refractivity contribution in [1.82, 2.24) is 4.90 Å². The summed E-state index contributed by atoms with van der Waals surface area (Å²) >= 11 is 0. The molecule has 0 saturated carbocycles. The van der Waals surface area contributed by atoms with E-state index in [1.807, 2.05) is 0 Å². The van der Waals surface area contributed by atoms with Gasteiger partial charge in [-0.25, -0.2) is 5.11 Å². The van der Waals surface area contributed by atoms with Crippen molar-refractivity contribution in [2.45, 2.75) is 44.6 Å². The molecule has 0 bridgehead atoms. The van der Waals surface area contributed by atoms with E-state index < -0.39 is 0 Å². The summed E-state index contributed by atoms with van der Waals surface area (Å²) in [5.74, 6) is 0. The number of β-amino-alcohol motifs (C(OH)–C–C–N with tert-alkyl or cyclic N) is 1. The van der Waals surface area contributed by atoms with E-state index >= 15 is 0 Å². The van der Waals surface area contributed by atoms with Crippen molar-refractivity contribution in [3.05, 3.63) is 0 Å². The van der Waals surface area contributed by atoms with E-state index in [9.17, 15) is 10.2 Å². The molecule has 3 nitrogen and oxygen atoms in total. The Hall–Kier alpha value is -0.120. The van der Waals surface area contributed by atoms with Crippen molar-refractivity contribution in [2.75, 3.05) is 26.2 Å². The lowest BCUT2D eigenvalue weighted by Gasteiger charge is -2.29. The molecule has 1 atom stereocenters. The summed E-state index contributed by atoms with van der Waals surface area (Å²) in [4.78, 5) is 2.34. The fourth-order valence-electron chi connectivity index (χ4n) is 2.03. The lowest BCUT2D eigenvalue weighted by molar-refractivity contribution is 0.0697. The molecule has 1 saturated heterocycles. The van der Waals surface area contributed by atoms with E-state index in [4.69, 9.17) is 0 Å². The third kappa shape index (κ3) is 4.94. The van der Waals surface area contributed by atoms with Crippen LogP contribution in [0.25, 0.3) is 0 Å². The maximum absolute atomic E-state index is 10.2. The molecule has 1 aliphatic rings. The molecule has 14 heavy (non-hydrogen) atoms. The van der Waals surface area contributed by atoms with Crippen LogP contribution < -0.4 is 0 Å². The van der Waals surface area contributed by atoms with Gasteiger partial charge in [0, 0.05) is 6.54 Å². The third-order valence-corrected chi connectivity index (χ3v) is 2.85. The van der Waals surface area contributed by atoms with Crippen molar-refractivity contribution in [1.29, 1.82) is 0 Å². The molecule has 0 aromatic rings. The van der Waals surface area contributed by atoms with Crippen LogP contribution in [-0.4, -0.2) is 42.4 Å². The van der Waals surface area contributed by atoms with E-state index in [1.165, 1.54) is 6.42 Å². The third-order valence-electron chi connectivity index (χ3n) is 2.85. The van der Waals surface area contributed by atoms with Crippen molar-refractivity contribution in [2.24, 2.45) is 0 Å². The lowest BCUT2D eigenvalue weighted by atomic mass is 10.1. The number of unbranched alkanes of at least 4 members (excludes halogenated alkanes) is 3. The van der Waals surface area contributed by atoms with Crippen LogP contribution in [0.5, 0.6) is 0 Å². The molecule has 1 rings (SSSR count). The molecule has 1 radical (unpaired) electrons. The van der Waals surface area contributed by atoms with E-state index in [0.717, 1.165) is 51.7 Å². The fraction of sp³-hybridized carbons (Fsp3) is 1.00. The smallest absolute Gasteiger partial charge is 0.0822 e. The van der Waals surface area contributed by atoms with Crippen molar-refractivity contribution < 1.29 is 10.2 Å². The number of hydrogen-bond donors (Lipinski definition) is 1. The van der Waals surface area contributed by atoms with Crippen molar-refractivity contribution in [3.63, 3.8) is 0 Å². The predicted molar refractivity (Wildman–Crippen MR) is 55.7 cm³/mol. The molecule has 1 heterocycles. The van der Waals surface area contributed by atoms with E-state index in [0.29, 0.717) is 0 Å². The highest BCUT2D eigenvalue weighted by molar-refractivity contribution is 4.71. The summed E-state index contributed by atoms with van der Waals surface area (Å²) in [6.07, 6.45) is 6.21. The minimum Gasteiger partial charge on any atom is -0.392 e. The van der Waals surface area contributed by atoms with Gasteiger partial charge in [0.2, 0.25) is 0 Å². The summed E-state index contributed by atoms with van der Waals surface area (Å²) < 4.78 is 0. The molecular formula is C11H22NO2. The van der Waals surface area contributed by atoms with Gasteiger partial charge in [0.1, 0.15) is 0 Å². The van der Waals surface area contributed by atoms with Gasteiger partial charge < -0.3 is 10.0 Å². The number of aliphatic hydroxyl groups excluding tert-OH is 1. The van der Waals surface area contributed by atoms with Gasteiger partial charge in [0.05, 0.1) is 12.7 Å². The fourth-order valence-corrected chi connectivity index (χ4v) is 2.03. The number of nitrogens with zero attached hydrogens (tertiary/aromatic N) is 1. The Labute approximate surface area is 86.7 Å². The number of rotatable bonds is 6. The molecule has 83 valence electrons. The van der Waals surface area contributed by atoms with Crippen LogP contribution in [0.1, 0.15) is 38.5 Å². The Morgan fingerprint density at radius 1 is 1.21 bits per heavy atom. The van der Waals surface area contributed by atoms with Gasteiger partial charge in [-0.1, -0.05) is 12.8 Å². The summed E-state index contributed by atoms with van der Waals surface area (Å²) in [5.41, 5.74) is 0. The first-order chi connectivity index (χ1) is 6.83. The first-order valence-electron chi connectivity index (χ1n) is 5.81. The zero-order valence-electron chi connectivity index (χ0n) is 8.95. The minimum absolute atomic E-state index is 0.0719. The largest absolute Gasteiger partial charge is 0.392 e. The summed E-state index contributed by atoms with van der Waals surface area (Å²) in [6, 6.07) is 0. The summed E-state index contributed by atoms with van der Waals surface area (Å²) in [7, 11) is 0. The van der Waals surface area contributed by atoms with Crippen molar-refractivity contribution in [3.8, 4) is 0 Å². The number of likely N-dealkylation sites (tertiary alicyclic amines) is 1. The molecule has 0 aromatic carbocycles. The lowest BCUT2D eigenvalue weighted by Crippen LogP contribution is -2.38. The van der Waals surface area contributed by atoms with Gasteiger partial charge in [-0.2, -0.15) is 0 Å². The van der Waals surface area contributed by atoms with Crippen molar-refractivity contribution >= 4 is 0 Å². The Bertz CT molecular complexity index is 141. The monoisotopic (exact) mass is 200 g/mol. The first-order valence-corrected chi connectivity index (χ1v) is 5.81. The Morgan fingerprint density at radius 2 is 2.00 bits per heavy atom. The number of piperidine rings is 1. The highest BCUT2D eigenvalue weighted by Gasteiger charge is 2.16. The topological polar surface area (TPSA) is 43.4 Å². The second kappa shape index (κ2) is 7.21. The molecular weight excluding hydrogens is 178 g/mol. The molecule has 1 N–H and O–H groups in total. The molecule has 0 spiro atoms. The van der Waals surface area contributed by atoms with Crippen LogP contribution in [0.15, 0.2) is 0 Å². The Balaban J connectivity index is 1.95. The van der Waals surface area contributed by atoms with Crippen LogP contribution in [0, 0.1) is 0 Å². The predicted octanol–water partition coefficient (Wildman–Crippen LogP) is 1.43. The zero-order chi connectivity index (χ0) is 10.2. The van der Waals surface area contributed by atoms with Gasteiger partial charge in [-0.15, -0.1) is 0 Å². The molecule has 3 heteroatoms. The number of aliphatic hydroxyl groups is 1. The maximum Gasteiger partial charge on any atom is 0.0822 e. The van der Waals surface area contributed by atoms with E-state index in [2.05, 4.69) is 4.90 Å². The van der Waals surface area contributed by atoms with Gasteiger partial charge in [0.15, 0.2) is 0 Å². The average molecular weight is 200 g/mol.